The Balaban J connectivity index is 2.37. The number of ether oxygens (including phenoxy) is 2. The monoisotopic (exact) mass is 351 g/mol. The van der Waals surface area contributed by atoms with Gasteiger partial charge in [-0.3, -0.25) is 14.9 Å². The van der Waals surface area contributed by atoms with Crippen molar-refractivity contribution < 1.29 is 22.7 Å². The van der Waals surface area contributed by atoms with Gasteiger partial charge in [-0.25, -0.2) is 14.3 Å². The minimum atomic E-state index is -3.92. The first-order valence-corrected chi connectivity index (χ1v) is 8.25. The molecule has 0 heterocycles. The summed E-state index contributed by atoms with van der Waals surface area (Å²) in [5.74, 6) is 5.29. The number of carbonyl (C=O) groups is 1. The van der Waals surface area contributed by atoms with Crippen molar-refractivity contribution in [3.8, 4) is 11.5 Å². The van der Waals surface area contributed by atoms with Crippen LogP contribution in [-0.2, 0) is 10.0 Å². The maximum Gasteiger partial charge on any atom is 0.265 e. The Labute approximate surface area is 139 Å². The Kier molecular flexibility index (Phi) is 5.27. The van der Waals surface area contributed by atoms with Crippen molar-refractivity contribution in [2.75, 3.05) is 18.9 Å². The van der Waals surface area contributed by atoms with E-state index in [1.165, 1.54) is 44.6 Å². The molecule has 128 valence electrons. The smallest absolute Gasteiger partial charge is 0.265 e. The van der Waals surface area contributed by atoms with Crippen LogP contribution in [0.25, 0.3) is 0 Å². The molecule has 0 spiro atoms. The van der Waals surface area contributed by atoms with E-state index in [-0.39, 0.29) is 16.1 Å². The molecular weight excluding hydrogens is 334 g/mol. The highest BCUT2D eigenvalue weighted by Gasteiger charge is 2.18. The maximum atomic E-state index is 12.5. The zero-order chi connectivity index (χ0) is 17.7. The van der Waals surface area contributed by atoms with Crippen LogP contribution in [0.1, 0.15) is 10.4 Å². The molecule has 2 aromatic carbocycles. The first-order chi connectivity index (χ1) is 11.4. The van der Waals surface area contributed by atoms with E-state index in [1.54, 1.807) is 12.1 Å². The number of sulfonamides is 1. The van der Waals surface area contributed by atoms with E-state index in [4.69, 9.17) is 15.3 Å². The second kappa shape index (κ2) is 7.20. The SMILES string of the molecule is COc1ccc(NS(=O)(=O)c2cccc(C(=O)NN)c2)c(OC)c1. The lowest BCUT2D eigenvalue weighted by atomic mass is 10.2. The fourth-order valence-electron chi connectivity index (χ4n) is 1.97. The predicted octanol–water partition coefficient (Wildman–Crippen LogP) is 1.11. The molecule has 0 radical (unpaired) electrons. The molecule has 0 unspecified atom stereocenters. The average Bonchev–Trinajstić information content (AvgIpc) is 2.61. The standard InChI is InChI=1S/C15H17N3O5S/c1-22-11-6-7-13(14(9-11)23-2)18-24(20,21)12-5-3-4-10(8-12)15(19)17-16/h3-9,18H,16H2,1-2H3,(H,17,19). The van der Waals surface area contributed by atoms with Gasteiger partial charge in [-0.05, 0) is 30.3 Å². The molecule has 0 aliphatic rings. The number of hydrogen-bond acceptors (Lipinski definition) is 6. The van der Waals surface area contributed by atoms with Gasteiger partial charge in [0.2, 0.25) is 0 Å². The summed E-state index contributed by atoms with van der Waals surface area (Å²) in [6, 6.07) is 10.2. The summed E-state index contributed by atoms with van der Waals surface area (Å²) in [5, 5.41) is 0. The lowest BCUT2D eigenvalue weighted by Crippen LogP contribution is -2.30. The van der Waals surface area contributed by atoms with Crippen LogP contribution in [0.4, 0.5) is 5.69 Å². The van der Waals surface area contributed by atoms with Gasteiger partial charge in [0.25, 0.3) is 15.9 Å². The Morgan fingerprint density at radius 1 is 1.08 bits per heavy atom. The summed E-state index contributed by atoms with van der Waals surface area (Å²) in [7, 11) is -1.01. The van der Waals surface area contributed by atoms with E-state index < -0.39 is 15.9 Å². The van der Waals surface area contributed by atoms with Crippen LogP contribution >= 0.6 is 0 Å². The first-order valence-electron chi connectivity index (χ1n) is 6.77. The summed E-state index contributed by atoms with van der Waals surface area (Å²) in [4.78, 5) is 11.5. The number of hydrogen-bond donors (Lipinski definition) is 3. The molecule has 2 aromatic rings. The number of hydrazine groups is 1. The number of nitrogens with two attached hydrogens (primary N) is 1. The molecule has 0 aromatic heterocycles. The summed E-state index contributed by atoms with van der Waals surface area (Å²) < 4.78 is 37.7. The van der Waals surface area contributed by atoms with Crippen molar-refractivity contribution in [3.05, 3.63) is 48.0 Å². The summed E-state index contributed by atoms with van der Waals surface area (Å²) in [6.45, 7) is 0. The van der Waals surface area contributed by atoms with Gasteiger partial charge < -0.3 is 9.47 Å². The van der Waals surface area contributed by atoms with Crippen molar-refractivity contribution in [2.24, 2.45) is 5.84 Å². The molecule has 0 saturated heterocycles. The number of benzene rings is 2. The molecule has 1 amide bonds. The summed E-state index contributed by atoms with van der Waals surface area (Å²) >= 11 is 0. The molecule has 0 atom stereocenters. The van der Waals surface area contributed by atoms with Crippen LogP contribution in [0, 0.1) is 0 Å². The Hall–Kier alpha value is -2.78. The number of anilines is 1. The van der Waals surface area contributed by atoms with Crippen LogP contribution in [0.15, 0.2) is 47.4 Å². The second-order valence-corrected chi connectivity index (χ2v) is 6.36. The van der Waals surface area contributed by atoms with Crippen LogP contribution in [0.5, 0.6) is 11.5 Å². The Bertz CT molecular complexity index is 852. The molecule has 8 nitrogen and oxygen atoms in total. The van der Waals surface area contributed by atoms with Crippen molar-refractivity contribution in [2.45, 2.75) is 4.90 Å². The zero-order valence-corrected chi connectivity index (χ0v) is 13.9. The van der Waals surface area contributed by atoms with E-state index in [0.717, 1.165) is 0 Å². The van der Waals surface area contributed by atoms with Gasteiger partial charge in [0.05, 0.1) is 24.8 Å². The highest BCUT2D eigenvalue weighted by atomic mass is 32.2. The summed E-state index contributed by atoms with van der Waals surface area (Å²) in [6.07, 6.45) is 0. The van der Waals surface area contributed by atoms with Gasteiger partial charge >= 0.3 is 0 Å². The van der Waals surface area contributed by atoms with E-state index in [0.29, 0.717) is 11.5 Å². The number of carbonyl (C=O) groups excluding carboxylic acids is 1. The molecule has 0 aliphatic heterocycles. The number of methoxy groups -OCH3 is 2. The highest BCUT2D eigenvalue weighted by Crippen LogP contribution is 2.30. The number of rotatable bonds is 6. The van der Waals surface area contributed by atoms with E-state index in [9.17, 15) is 13.2 Å². The minimum Gasteiger partial charge on any atom is -0.497 e. The largest absolute Gasteiger partial charge is 0.497 e. The molecule has 0 fully saturated rings. The van der Waals surface area contributed by atoms with Crippen molar-refractivity contribution in [1.82, 2.24) is 5.43 Å². The van der Waals surface area contributed by atoms with Gasteiger partial charge in [-0.1, -0.05) is 6.07 Å². The molecule has 0 aliphatic carbocycles. The van der Waals surface area contributed by atoms with Gasteiger partial charge in [-0.15, -0.1) is 0 Å². The normalized spacial score (nSPS) is 10.8. The van der Waals surface area contributed by atoms with Crippen LogP contribution in [-0.4, -0.2) is 28.5 Å². The predicted molar refractivity (Wildman–Crippen MR) is 88.5 cm³/mol. The Morgan fingerprint density at radius 3 is 2.46 bits per heavy atom. The number of nitrogens with one attached hydrogen (secondary N) is 2. The van der Waals surface area contributed by atoms with Gasteiger partial charge in [0.15, 0.2) is 0 Å². The van der Waals surface area contributed by atoms with E-state index >= 15 is 0 Å². The summed E-state index contributed by atoms with van der Waals surface area (Å²) in [5.41, 5.74) is 2.32. The average molecular weight is 351 g/mol. The third-order valence-electron chi connectivity index (χ3n) is 3.19. The lowest BCUT2D eigenvalue weighted by Gasteiger charge is -2.13. The number of amides is 1. The van der Waals surface area contributed by atoms with Gasteiger partial charge in [0, 0.05) is 11.6 Å². The molecular formula is C15H17N3O5S. The van der Waals surface area contributed by atoms with Crippen molar-refractivity contribution >= 4 is 21.6 Å². The first kappa shape index (κ1) is 17.6. The second-order valence-electron chi connectivity index (χ2n) is 4.67. The maximum absolute atomic E-state index is 12.5. The number of nitrogen functional groups attached to an aromatic ring is 1. The molecule has 9 heteroatoms. The van der Waals surface area contributed by atoms with Crippen LogP contribution in [0.3, 0.4) is 0 Å². The quantitative estimate of drug-likeness (QED) is 0.407. The van der Waals surface area contributed by atoms with Crippen molar-refractivity contribution in [3.63, 3.8) is 0 Å². The molecule has 24 heavy (non-hydrogen) atoms. The van der Waals surface area contributed by atoms with Crippen LogP contribution in [0.2, 0.25) is 0 Å². The van der Waals surface area contributed by atoms with E-state index in [1.807, 2.05) is 5.43 Å². The lowest BCUT2D eigenvalue weighted by molar-refractivity contribution is 0.0953. The van der Waals surface area contributed by atoms with Crippen molar-refractivity contribution in [1.29, 1.82) is 0 Å². The molecule has 2 rings (SSSR count). The Morgan fingerprint density at radius 2 is 1.83 bits per heavy atom. The highest BCUT2D eigenvalue weighted by molar-refractivity contribution is 7.92. The molecule has 0 saturated carbocycles. The van der Waals surface area contributed by atoms with Gasteiger partial charge in [-0.2, -0.15) is 0 Å². The third kappa shape index (κ3) is 3.76. The fraction of sp³-hybridized carbons (Fsp3) is 0.133. The minimum absolute atomic E-state index is 0.0820. The zero-order valence-electron chi connectivity index (χ0n) is 13.1. The molecule has 4 N–H and O–H groups in total. The van der Waals surface area contributed by atoms with Crippen LogP contribution < -0.4 is 25.5 Å². The van der Waals surface area contributed by atoms with E-state index in [2.05, 4.69) is 4.72 Å². The fourth-order valence-corrected chi connectivity index (χ4v) is 3.09. The third-order valence-corrected chi connectivity index (χ3v) is 4.55. The topological polar surface area (TPSA) is 120 Å². The van der Waals surface area contributed by atoms with Gasteiger partial charge in [0.1, 0.15) is 11.5 Å². The molecule has 0 bridgehead atoms.